The third kappa shape index (κ3) is 5.93. The number of para-hydroxylation sites is 1. The Bertz CT molecular complexity index is 1640. The molecular formula is C31H30N4O7S. The van der Waals surface area contributed by atoms with Crippen molar-refractivity contribution in [3.8, 4) is 11.5 Å². The number of nitrogens with one attached hydrogen (secondary N) is 1. The summed E-state index contributed by atoms with van der Waals surface area (Å²) >= 11 is 0. The molecule has 3 aromatic rings. The predicted octanol–water partition coefficient (Wildman–Crippen LogP) is 2.80. The van der Waals surface area contributed by atoms with Gasteiger partial charge >= 0.3 is 5.12 Å². The van der Waals surface area contributed by atoms with Gasteiger partial charge in [0.1, 0.15) is 29.3 Å². The molecule has 222 valence electrons. The summed E-state index contributed by atoms with van der Waals surface area (Å²) in [4.78, 5) is 58.2. The number of benzene rings is 2. The highest BCUT2D eigenvalue weighted by Gasteiger charge is 2.55. The average molecular weight is 603 g/mol. The summed E-state index contributed by atoms with van der Waals surface area (Å²) in [5.41, 5.74) is 0.103. The first-order valence-corrected chi connectivity index (χ1v) is 15.6. The van der Waals surface area contributed by atoms with Crippen LogP contribution in [0.5, 0.6) is 11.5 Å². The molecule has 43 heavy (non-hydrogen) atoms. The second-order valence-electron chi connectivity index (χ2n) is 11.0. The van der Waals surface area contributed by atoms with Crippen LogP contribution in [0.15, 0.2) is 79.0 Å². The van der Waals surface area contributed by atoms with Crippen molar-refractivity contribution in [1.82, 2.24) is 19.5 Å². The Hall–Kier alpha value is -4.42. The minimum Gasteiger partial charge on any atom is -0.457 e. The number of hydrogen-bond donors (Lipinski definition) is 1. The molecule has 1 N–H and O–H groups in total. The highest BCUT2D eigenvalue weighted by Crippen LogP contribution is 2.36. The number of ketones is 1. The van der Waals surface area contributed by atoms with E-state index in [9.17, 15) is 27.6 Å². The van der Waals surface area contributed by atoms with Crippen molar-refractivity contribution in [2.45, 2.75) is 43.8 Å². The Morgan fingerprint density at radius 1 is 0.930 bits per heavy atom. The molecule has 3 atom stereocenters. The van der Waals surface area contributed by atoms with Gasteiger partial charge in [0.25, 0.3) is 15.9 Å². The zero-order valence-corrected chi connectivity index (χ0v) is 24.0. The highest BCUT2D eigenvalue weighted by molar-refractivity contribution is 8.04. The van der Waals surface area contributed by atoms with Crippen molar-refractivity contribution in [3.63, 3.8) is 0 Å². The molecule has 1 aliphatic carbocycles. The number of sulfonamides is 1. The van der Waals surface area contributed by atoms with Gasteiger partial charge in [-0.2, -0.15) is 4.31 Å². The third-order valence-electron chi connectivity index (χ3n) is 8.04. The third-order valence-corrected chi connectivity index (χ3v) is 9.74. The van der Waals surface area contributed by atoms with Gasteiger partial charge in [0, 0.05) is 18.3 Å². The quantitative estimate of drug-likeness (QED) is 0.394. The van der Waals surface area contributed by atoms with Gasteiger partial charge in [-0.05, 0) is 67.3 Å². The molecular weight excluding hydrogens is 572 g/mol. The van der Waals surface area contributed by atoms with Crippen molar-refractivity contribution in [2.24, 2.45) is 5.92 Å². The maximum absolute atomic E-state index is 13.8. The lowest BCUT2D eigenvalue weighted by atomic mass is 10.1. The Labute approximate surface area is 248 Å². The monoisotopic (exact) mass is 602 g/mol. The van der Waals surface area contributed by atoms with Crippen LogP contribution in [0, 0.1) is 5.92 Å². The van der Waals surface area contributed by atoms with E-state index in [1.54, 1.807) is 30.3 Å². The Morgan fingerprint density at radius 2 is 1.63 bits per heavy atom. The Morgan fingerprint density at radius 3 is 2.30 bits per heavy atom. The molecule has 0 spiro atoms. The van der Waals surface area contributed by atoms with E-state index in [0.29, 0.717) is 23.5 Å². The molecule has 11 nitrogen and oxygen atoms in total. The van der Waals surface area contributed by atoms with Crippen LogP contribution in [-0.2, 0) is 19.6 Å². The van der Waals surface area contributed by atoms with E-state index in [1.807, 2.05) is 30.3 Å². The van der Waals surface area contributed by atoms with Crippen molar-refractivity contribution < 1.29 is 32.3 Å². The van der Waals surface area contributed by atoms with Gasteiger partial charge in [-0.15, -0.1) is 0 Å². The molecule has 2 aliphatic heterocycles. The number of carbonyl (C=O) groups is 4. The maximum atomic E-state index is 13.8. The van der Waals surface area contributed by atoms with Crippen LogP contribution in [0.4, 0.5) is 0 Å². The second-order valence-corrected chi connectivity index (χ2v) is 12.8. The van der Waals surface area contributed by atoms with E-state index in [1.165, 1.54) is 23.2 Å². The normalized spacial score (nSPS) is 20.8. The summed E-state index contributed by atoms with van der Waals surface area (Å²) in [7, 11) is -4.54. The van der Waals surface area contributed by atoms with Crippen LogP contribution < -0.4 is 10.1 Å². The van der Waals surface area contributed by atoms with E-state index >= 15 is 0 Å². The van der Waals surface area contributed by atoms with E-state index in [-0.39, 0.29) is 24.6 Å². The molecule has 2 amide bonds. The van der Waals surface area contributed by atoms with Gasteiger partial charge in [0.2, 0.25) is 5.91 Å². The lowest BCUT2D eigenvalue weighted by Gasteiger charge is -2.28. The minimum absolute atomic E-state index is 0.131. The fraction of sp³-hybridized carbons (Fsp3) is 0.323. The smallest absolute Gasteiger partial charge is 0.310 e. The minimum atomic E-state index is -4.54. The van der Waals surface area contributed by atoms with E-state index < -0.39 is 57.4 Å². The zero-order chi connectivity index (χ0) is 30.1. The highest BCUT2D eigenvalue weighted by atomic mass is 32.2. The molecule has 0 bridgehead atoms. The van der Waals surface area contributed by atoms with Crippen LogP contribution >= 0.6 is 0 Å². The predicted molar refractivity (Wildman–Crippen MR) is 155 cm³/mol. The molecule has 3 aliphatic rings. The summed E-state index contributed by atoms with van der Waals surface area (Å²) in [6.45, 7) is -0.372. The SMILES string of the molecule is O=C(NC(CC1CC1)C(=O)N1CCC2C1C(=O)CN2S(=O)(=O)C(=O)c1ccccn1)c1ccc(Oc2ccccc2)cc1. The first-order valence-electron chi connectivity index (χ1n) is 14.2. The summed E-state index contributed by atoms with van der Waals surface area (Å²) in [6, 6.07) is 17.4. The van der Waals surface area contributed by atoms with Crippen LogP contribution in [0.25, 0.3) is 0 Å². The molecule has 2 aromatic carbocycles. The molecule has 0 radical (unpaired) electrons. The largest absolute Gasteiger partial charge is 0.457 e. The van der Waals surface area contributed by atoms with E-state index in [0.717, 1.165) is 17.1 Å². The Balaban J connectivity index is 1.15. The van der Waals surface area contributed by atoms with Gasteiger partial charge in [0.05, 0.1) is 12.6 Å². The topological polar surface area (TPSA) is 143 Å². The summed E-state index contributed by atoms with van der Waals surface area (Å²) < 4.78 is 33.1. The van der Waals surface area contributed by atoms with Gasteiger partial charge in [-0.1, -0.05) is 37.1 Å². The number of pyridine rings is 1. The van der Waals surface area contributed by atoms with Crippen LogP contribution in [0.2, 0.25) is 0 Å². The number of fused-ring (bicyclic) bond motifs is 1. The average Bonchev–Trinajstić information content (AvgIpc) is 3.63. The van der Waals surface area contributed by atoms with Gasteiger partial charge in [-0.25, -0.2) is 8.42 Å². The van der Waals surface area contributed by atoms with Crippen LogP contribution in [-0.4, -0.2) is 76.5 Å². The van der Waals surface area contributed by atoms with Gasteiger partial charge in [-0.3, -0.25) is 24.2 Å². The Kier molecular flexibility index (Phi) is 7.80. The number of carbonyl (C=O) groups excluding carboxylic acids is 4. The number of amides is 2. The first kappa shape index (κ1) is 28.7. The van der Waals surface area contributed by atoms with Crippen molar-refractivity contribution in [2.75, 3.05) is 13.1 Å². The van der Waals surface area contributed by atoms with Crippen LogP contribution in [0.3, 0.4) is 0 Å². The maximum Gasteiger partial charge on any atom is 0.310 e. The standard InChI is InChI=1S/C31H30N4O7S/c36-27-19-35(43(40,41)31(39)24-8-4-5-16-32-24)26-15-17-34(28(26)27)30(38)25(18-20-9-10-20)33-29(37)21-11-13-23(14-12-21)42-22-6-2-1-3-7-22/h1-8,11-14,16,20,25-26,28H,9-10,15,17-19H2,(H,33,37). The molecule has 6 rings (SSSR count). The molecule has 12 heteroatoms. The van der Waals surface area contributed by atoms with E-state index in [4.69, 9.17) is 4.74 Å². The summed E-state index contributed by atoms with van der Waals surface area (Å²) in [5.74, 6) is 0.162. The molecule has 3 unspecified atom stereocenters. The summed E-state index contributed by atoms with van der Waals surface area (Å²) in [6.07, 6.45) is 3.82. The molecule has 1 saturated carbocycles. The van der Waals surface area contributed by atoms with Gasteiger partial charge < -0.3 is 15.0 Å². The molecule has 1 aromatic heterocycles. The fourth-order valence-electron chi connectivity index (χ4n) is 5.71. The number of ether oxygens (including phenoxy) is 1. The van der Waals surface area contributed by atoms with Crippen LogP contribution in [0.1, 0.15) is 46.5 Å². The van der Waals surface area contributed by atoms with E-state index in [2.05, 4.69) is 10.3 Å². The summed E-state index contributed by atoms with van der Waals surface area (Å²) in [5, 5.41) is 1.66. The number of aromatic nitrogens is 1. The van der Waals surface area contributed by atoms with Crippen molar-refractivity contribution in [3.05, 3.63) is 90.3 Å². The zero-order valence-electron chi connectivity index (χ0n) is 23.2. The lowest BCUT2D eigenvalue weighted by molar-refractivity contribution is -0.138. The lowest BCUT2D eigenvalue weighted by Crippen LogP contribution is -2.52. The fourth-order valence-corrected chi connectivity index (χ4v) is 7.18. The first-order chi connectivity index (χ1) is 20.7. The molecule has 3 fully saturated rings. The second kappa shape index (κ2) is 11.7. The number of hydrogen-bond acceptors (Lipinski definition) is 8. The number of rotatable bonds is 9. The molecule has 3 heterocycles. The van der Waals surface area contributed by atoms with Crippen molar-refractivity contribution in [1.29, 1.82) is 0 Å². The van der Waals surface area contributed by atoms with Crippen molar-refractivity contribution >= 4 is 32.7 Å². The molecule has 2 saturated heterocycles. The number of likely N-dealkylation sites (tertiary alicyclic amines) is 1. The number of nitrogens with zero attached hydrogens (tertiary/aromatic N) is 3. The number of Topliss-reactive ketones (excluding diaryl/α,β-unsaturated/α-hetero) is 1. The van der Waals surface area contributed by atoms with Gasteiger partial charge in [0.15, 0.2) is 5.78 Å².